The van der Waals surface area contributed by atoms with E-state index >= 15 is 0 Å². The summed E-state index contributed by atoms with van der Waals surface area (Å²) in [4.78, 5) is 20.8. The van der Waals surface area contributed by atoms with Crippen LogP contribution in [0.25, 0.3) is 0 Å². The van der Waals surface area contributed by atoms with Gasteiger partial charge in [0.1, 0.15) is 0 Å². The number of anilines is 2. The van der Waals surface area contributed by atoms with E-state index in [4.69, 9.17) is 0 Å². The first-order valence-corrected chi connectivity index (χ1v) is 8.40. The Kier molecular flexibility index (Phi) is 6.54. The molecule has 0 amide bonds. The lowest BCUT2D eigenvalue weighted by molar-refractivity contribution is 0.866. The second kappa shape index (κ2) is 8.86. The average molecular weight is 327 g/mol. The molecule has 1 aromatic heterocycles. The fourth-order valence-electron chi connectivity index (χ4n) is 2.47. The van der Waals surface area contributed by atoms with Crippen molar-refractivity contribution >= 4 is 17.9 Å². The lowest BCUT2D eigenvalue weighted by Gasteiger charge is -2.20. The molecule has 0 atom stereocenters. The average Bonchev–Trinajstić information content (AvgIpc) is 2.57. The number of nitrogens with zero attached hydrogens (tertiary/aromatic N) is 3. The molecule has 0 saturated heterocycles. The van der Waals surface area contributed by atoms with E-state index in [1.54, 1.807) is 6.21 Å². The Morgan fingerprint density at radius 1 is 1.21 bits per heavy atom. The summed E-state index contributed by atoms with van der Waals surface area (Å²) in [5, 5.41) is 4.15. The first kappa shape index (κ1) is 17.7. The normalized spacial score (nSPS) is 11.0. The van der Waals surface area contributed by atoms with E-state index in [1.807, 2.05) is 12.1 Å². The number of aromatic nitrogens is 2. The van der Waals surface area contributed by atoms with Crippen LogP contribution in [0.4, 0.5) is 11.6 Å². The summed E-state index contributed by atoms with van der Waals surface area (Å²) in [7, 11) is 0. The Hall–Kier alpha value is -2.63. The van der Waals surface area contributed by atoms with Gasteiger partial charge in [-0.1, -0.05) is 25.5 Å². The molecule has 6 heteroatoms. The molecule has 0 spiro atoms. The van der Waals surface area contributed by atoms with Crippen molar-refractivity contribution in [3.63, 3.8) is 0 Å². The fourth-order valence-corrected chi connectivity index (χ4v) is 2.47. The molecule has 128 valence electrons. The quantitative estimate of drug-likeness (QED) is 0.577. The van der Waals surface area contributed by atoms with Gasteiger partial charge in [-0.3, -0.25) is 9.78 Å². The molecule has 0 saturated carbocycles. The van der Waals surface area contributed by atoms with Crippen LogP contribution in [0.2, 0.25) is 0 Å². The highest BCUT2D eigenvalue weighted by Gasteiger charge is 2.01. The van der Waals surface area contributed by atoms with Gasteiger partial charge in [-0.15, -0.1) is 0 Å². The maximum absolute atomic E-state index is 11.6. The molecule has 2 rings (SSSR count). The standard InChI is InChI=1S/C18H25N5O/c1-4-7-15-12-17(24)21-18(20-15)22-19-13-14-8-10-16(11-9-14)23(5-2)6-3/h8-13H,4-7H2,1-3H3,(H2,20,21,22,24)/b19-13+. The summed E-state index contributed by atoms with van der Waals surface area (Å²) in [6.07, 6.45) is 3.42. The maximum atomic E-state index is 11.6. The Bertz CT molecular complexity index is 717. The van der Waals surface area contributed by atoms with Crippen LogP contribution >= 0.6 is 0 Å². The van der Waals surface area contributed by atoms with Gasteiger partial charge < -0.3 is 4.90 Å². The van der Waals surface area contributed by atoms with Crippen molar-refractivity contribution in [3.8, 4) is 0 Å². The molecule has 2 aromatic rings. The van der Waals surface area contributed by atoms with Gasteiger partial charge in [-0.2, -0.15) is 5.10 Å². The van der Waals surface area contributed by atoms with Gasteiger partial charge in [0.15, 0.2) is 0 Å². The SMILES string of the molecule is CCCc1cc(=O)[nH]c(N/N=C/c2ccc(N(CC)CC)cc2)n1. The van der Waals surface area contributed by atoms with Gasteiger partial charge in [-0.05, 0) is 38.0 Å². The summed E-state index contributed by atoms with van der Waals surface area (Å²) in [6, 6.07) is 9.71. The largest absolute Gasteiger partial charge is 0.372 e. The minimum absolute atomic E-state index is 0.172. The van der Waals surface area contributed by atoms with Gasteiger partial charge in [0, 0.05) is 30.5 Å². The second-order valence-corrected chi connectivity index (χ2v) is 5.47. The number of benzene rings is 1. The lowest BCUT2D eigenvalue weighted by atomic mass is 10.2. The Morgan fingerprint density at radius 2 is 1.92 bits per heavy atom. The van der Waals surface area contributed by atoms with Crippen molar-refractivity contribution in [2.24, 2.45) is 5.10 Å². The molecule has 0 fully saturated rings. The van der Waals surface area contributed by atoms with Crippen LogP contribution in [0.15, 0.2) is 40.2 Å². The van der Waals surface area contributed by atoms with E-state index in [0.29, 0.717) is 5.95 Å². The Morgan fingerprint density at radius 3 is 2.54 bits per heavy atom. The molecule has 0 bridgehead atoms. The van der Waals surface area contributed by atoms with Crippen molar-refractivity contribution in [1.82, 2.24) is 9.97 Å². The molecule has 1 heterocycles. The number of hydrogen-bond donors (Lipinski definition) is 2. The molecule has 2 N–H and O–H groups in total. The van der Waals surface area contributed by atoms with Crippen LogP contribution in [-0.4, -0.2) is 29.3 Å². The molecule has 24 heavy (non-hydrogen) atoms. The highest BCUT2D eigenvalue weighted by atomic mass is 16.1. The zero-order valence-corrected chi connectivity index (χ0v) is 14.5. The molecule has 0 unspecified atom stereocenters. The zero-order chi connectivity index (χ0) is 17.4. The van der Waals surface area contributed by atoms with E-state index in [9.17, 15) is 4.79 Å². The number of aryl methyl sites for hydroxylation is 1. The monoisotopic (exact) mass is 327 g/mol. The Labute approximate surface area is 142 Å². The topological polar surface area (TPSA) is 73.4 Å². The fraction of sp³-hybridized carbons (Fsp3) is 0.389. The van der Waals surface area contributed by atoms with Crippen molar-refractivity contribution in [3.05, 3.63) is 51.9 Å². The smallest absolute Gasteiger partial charge is 0.252 e. The molecule has 6 nitrogen and oxygen atoms in total. The third-order valence-corrected chi connectivity index (χ3v) is 3.71. The van der Waals surface area contributed by atoms with Crippen LogP contribution in [0, 0.1) is 0 Å². The molecule has 1 aromatic carbocycles. The summed E-state index contributed by atoms with van der Waals surface area (Å²) >= 11 is 0. The van der Waals surface area contributed by atoms with E-state index in [2.05, 4.69) is 58.3 Å². The third kappa shape index (κ3) is 4.94. The summed E-state index contributed by atoms with van der Waals surface area (Å²) in [6.45, 7) is 8.31. The van der Waals surface area contributed by atoms with Crippen LogP contribution in [0.3, 0.4) is 0 Å². The van der Waals surface area contributed by atoms with Gasteiger partial charge in [-0.25, -0.2) is 10.4 Å². The molecule has 0 aliphatic rings. The van der Waals surface area contributed by atoms with Gasteiger partial charge in [0.05, 0.1) is 6.21 Å². The number of rotatable bonds is 8. The van der Waals surface area contributed by atoms with Crippen molar-refractivity contribution in [1.29, 1.82) is 0 Å². The van der Waals surface area contributed by atoms with Crippen LogP contribution in [0.1, 0.15) is 38.4 Å². The highest BCUT2D eigenvalue weighted by molar-refractivity contribution is 5.80. The Balaban J connectivity index is 2.02. The first-order valence-electron chi connectivity index (χ1n) is 8.40. The number of aromatic amines is 1. The number of nitrogens with one attached hydrogen (secondary N) is 2. The van der Waals surface area contributed by atoms with E-state index in [0.717, 1.165) is 37.2 Å². The van der Waals surface area contributed by atoms with E-state index in [-0.39, 0.29) is 5.56 Å². The maximum Gasteiger partial charge on any atom is 0.252 e. The van der Waals surface area contributed by atoms with E-state index in [1.165, 1.54) is 11.8 Å². The summed E-state index contributed by atoms with van der Waals surface area (Å²) in [5.74, 6) is 0.363. The van der Waals surface area contributed by atoms with Gasteiger partial charge >= 0.3 is 0 Å². The van der Waals surface area contributed by atoms with Crippen LogP contribution in [0.5, 0.6) is 0 Å². The van der Waals surface area contributed by atoms with Crippen LogP contribution in [-0.2, 0) is 6.42 Å². The molecular formula is C18H25N5O. The number of H-pyrrole nitrogens is 1. The van der Waals surface area contributed by atoms with E-state index < -0.39 is 0 Å². The van der Waals surface area contributed by atoms with Crippen molar-refractivity contribution < 1.29 is 0 Å². The van der Waals surface area contributed by atoms with Gasteiger partial charge in [0.2, 0.25) is 5.95 Å². The molecule has 0 aliphatic carbocycles. The third-order valence-electron chi connectivity index (χ3n) is 3.71. The molecule has 0 aliphatic heterocycles. The zero-order valence-electron chi connectivity index (χ0n) is 14.5. The summed E-state index contributed by atoms with van der Waals surface area (Å²) < 4.78 is 0. The number of hydrazone groups is 1. The molecular weight excluding hydrogens is 302 g/mol. The lowest BCUT2D eigenvalue weighted by Crippen LogP contribution is -2.21. The van der Waals surface area contributed by atoms with Crippen LogP contribution < -0.4 is 15.9 Å². The minimum Gasteiger partial charge on any atom is -0.372 e. The highest BCUT2D eigenvalue weighted by Crippen LogP contribution is 2.14. The predicted molar refractivity (Wildman–Crippen MR) is 100 cm³/mol. The number of hydrogen-bond acceptors (Lipinski definition) is 5. The van der Waals surface area contributed by atoms with Gasteiger partial charge in [0.25, 0.3) is 5.56 Å². The first-order chi connectivity index (χ1) is 11.7. The van der Waals surface area contributed by atoms with Crippen molar-refractivity contribution in [2.45, 2.75) is 33.6 Å². The predicted octanol–water partition coefficient (Wildman–Crippen LogP) is 3.01. The molecule has 0 radical (unpaired) electrons. The summed E-state index contributed by atoms with van der Waals surface area (Å²) in [5.41, 5.74) is 5.55. The van der Waals surface area contributed by atoms with Crippen molar-refractivity contribution in [2.75, 3.05) is 23.4 Å². The minimum atomic E-state index is -0.172. The second-order valence-electron chi connectivity index (χ2n) is 5.47.